The quantitative estimate of drug-likeness (QED) is 0.631. The van der Waals surface area contributed by atoms with Crippen molar-refractivity contribution in [1.82, 2.24) is 0 Å². The minimum atomic E-state index is 0.259. The van der Waals surface area contributed by atoms with Gasteiger partial charge in [0.25, 0.3) is 0 Å². The largest absolute Gasteiger partial charge is 0.299 e. The van der Waals surface area contributed by atoms with Crippen molar-refractivity contribution in [2.75, 3.05) is 0 Å². The van der Waals surface area contributed by atoms with Crippen LogP contribution in [0.4, 0.5) is 0 Å². The third-order valence-corrected chi connectivity index (χ3v) is 2.23. The molecule has 0 aromatic heterocycles. The molecule has 0 amide bonds. The Kier molecular flexibility index (Phi) is 4.51. The molecule has 72 valence electrons. The minimum absolute atomic E-state index is 0.259. The molecular weight excluding hydrogens is 148 g/mol. The molecule has 0 saturated carbocycles. The standard InChI is InChI=1S/C11H22O/c1-6-10(12)9(2)7-8-11(3,4)5/h9H,6-8H2,1-5H3. The predicted octanol–water partition coefficient (Wildman–Crippen LogP) is 3.43. The Morgan fingerprint density at radius 2 is 1.83 bits per heavy atom. The normalized spacial score (nSPS) is 14.4. The van der Waals surface area contributed by atoms with Gasteiger partial charge < -0.3 is 0 Å². The SMILES string of the molecule is CCC(=O)C(C)CCC(C)(C)C. The van der Waals surface area contributed by atoms with E-state index in [0.29, 0.717) is 17.6 Å². The van der Waals surface area contributed by atoms with E-state index < -0.39 is 0 Å². The van der Waals surface area contributed by atoms with Crippen molar-refractivity contribution in [3.63, 3.8) is 0 Å². The fourth-order valence-electron chi connectivity index (χ4n) is 1.16. The summed E-state index contributed by atoms with van der Waals surface area (Å²) in [5.74, 6) is 0.661. The summed E-state index contributed by atoms with van der Waals surface area (Å²) in [6.07, 6.45) is 2.86. The molecule has 0 aliphatic heterocycles. The van der Waals surface area contributed by atoms with E-state index in [1.807, 2.05) is 13.8 Å². The van der Waals surface area contributed by atoms with E-state index in [1.165, 1.54) is 0 Å². The first-order chi connectivity index (χ1) is 5.37. The Morgan fingerprint density at radius 3 is 2.17 bits per heavy atom. The van der Waals surface area contributed by atoms with Gasteiger partial charge in [0.1, 0.15) is 5.78 Å². The molecule has 0 spiro atoms. The summed E-state index contributed by atoms with van der Waals surface area (Å²) in [7, 11) is 0. The maximum absolute atomic E-state index is 11.2. The summed E-state index contributed by atoms with van der Waals surface area (Å²) in [4.78, 5) is 11.2. The zero-order chi connectivity index (χ0) is 9.78. The van der Waals surface area contributed by atoms with Crippen LogP contribution in [0.5, 0.6) is 0 Å². The number of carbonyl (C=O) groups excluding carboxylic acids is 1. The van der Waals surface area contributed by atoms with Gasteiger partial charge in [-0.05, 0) is 18.3 Å². The lowest BCUT2D eigenvalue weighted by molar-refractivity contribution is -0.122. The first kappa shape index (κ1) is 11.7. The van der Waals surface area contributed by atoms with Crippen LogP contribution in [-0.4, -0.2) is 5.78 Å². The van der Waals surface area contributed by atoms with Gasteiger partial charge in [0, 0.05) is 12.3 Å². The molecule has 0 aromatic rings. The van der Waals surface area contributed by atoms with E-state index >= 15 is 0 Å². The van der Waals surface area contributed by atoms with Crippen LogP contribution in [0.1, 0.15) is 53.9 Å². The van der Waals surface area contributed by atoms with Gasteiger partial charge in [-0.15, -0.1) is 0 Å². The smallest absolute Gasteiger partial charge is 0.135 e. The zero-order valence-electron chi connectivity index (χ0n) is 9.11. The molecule has 1 atom stereocenters. The molecular formula is C11H22O. The van der Waals surface area contributed by atoms with Gasteiger partial charge in [-0.25, -0.2) is 0 Å². The molecule has 0 aliphatic rings. The van der Waals surface area contributed by atoms with Crippen molar-refractivity contribution in [2.24, 2.45) is 11.3 Å². The van der Waals surface area contributed by atoms with Crippen LogP contribution >= 0.6 is 0 Å². The van der Waals surface area contributed by atoms with Crippen LogP contribution in [0.3, 0.4) is 0 Å². The maximum Gasteiger partial charge on any atom is 0.135 e. The highest BCUT2D eigenvalue weighted by atomic mass is 16.1. The van der Waals surface area contributed by atoms with Crippen molar-refractivity contribution < 1.29 is 4.79 Å². The zero-order valence-corrected chi connectivity index (χ0v) is 9.11. The summed E-state index contributed by atoms with van der Waals surface area (Å²) in [6, 6.07) is 0. The van der Waals surface area contributed by atoms with Gasteiger partial charge in [0.05, 0.1) is 0 Å². The molecule has 0 radical (unpaired) electrons. The number of hydrogen-bond donors (Lipinski definition) is 0. The van der Waals surface area contributed by atoms with Gasteiger partial charge in [0.15, 0.2) is 0 Å². The highest BCUT2D eigenvalue weighted by molar-refractivity contribution is 5.80. The second-order valence-corrected chi connectivity index (χ2v) is 4.82. The topological polar surface area (TPSA) is 17.1 Å². The Bertz CT molecular complexity index is 142. The van der Waals surface area contributed by atoms with Gasteiger partial charge in [0.2, 0.25) is 0 Å². The number of ketones is 1. The third kappa shape index (κ3) is 5.34. The molecule has 1 nitrogen and oxygen atoms in total. The van der Waals surface area contributed by atoms with Crippen LogP contribution in [0.2, 0.25) is 0 Å². The molecule has 12 heavy (non-hydrogen) atoms. The van der Waals surface area contributed by atoms with Crippen LogP contribution in [0.15, 0.2) is 0 Å². The predicted molar refractivity (Wildman–Crippen MR) is 53.2 cm³/mol. The Labute approximate surface area is 76.6 Å². The molecule has 0 aromatic carbocycles. The van der Waals surface area contributed by atoms with Crippen LogP contribution < -0.4 is 0 Å². The highest BCUT2D eigenvalue weighted by Crippen LogP contribution is 2.24. The number of carbonyl (C=O) groups is 1. The lowest BCUT2D eigenvalue weighted by Crippen LogP contribution is -2.13. The van der Waals surface area contributed by atoms with Crippen LogP contribution in [-0.2, 0) is 4.79 Å². The Morgan fingerprint density at radius 1 is 1.33 bits per heavy atom. The minimum Gasteiger partial charge on any atom is -0.299 e. The maximum atomic E-state index is 11.2. The van der Waals surface area contributed by atoms with Crippen molar-refractivity contribution in [1.29, 1.82) is 0 Å². The fourth-order valence-corrected chi connectivity index (χ4v) is 1.16. The van der Waals surface area contributed by atoms with E-state index in [4.69, 9.17) is 0 Å². The van der Waals surface area contributed by atoms with E-state index in [9.17, 15) is 4.79 Å². The summed E-state index contributed by atoms with van der Waals surface area (Å²) < 4.78 is 0. The van der Waals surface area contributed by atoms with Crippen molar-refractivity contribution in [3.05, 3.63) is 0 Å². The van der Waals surface area contributed by atoms with Crippen LogP contribution in [0, 0.1) is 11.3 Å². The molecule has 0 bridgehead atoms. The summed E-state index contributed by atoms with van der Waals surface area (Å²) in [5, 5.41) is 0. The van der Waals surface area contributed by atoms with Crippen molar-refractivity contribution >= 4 is 5.78 Å². The Balaban J connectivity index is 3.72. The van der Waals surface area contributed by atoms with Gasteiger partial charge in [-0.1, -0.05) is 34.6 Å². The molecule has 0 N–H and O–H groups in total. The molecule has 0 rings (SSSR count). The first-order valence-electron chi connectivity index (χ1n) is 4.89. The van der Waals surface area contributed by atoms with Gasteiger partial charge >= 0.3 is 0 Å². The monoisotopic (exact) mass is 170 g/mol. The van der Waals surface area contributed by atoms with E-state index in [-0.39, 0.29) is 5.92 Å². The molecule has 0 saturated heterocycles. The fraction of sp³-hybridized carbons (Fsp3) is 0.909. The Hall–Kier alpha value is -0.330. The molecule has 0 heterocycles. The number of rotatable bonds is 4. The van der Waals surface area contributed by atoms with E-state index in [2.05, 4.69) is 20.8 Å². The lowest BCUT2D eigenvalue weighted by atomic mass is 9.86. The molecule has 0 fully saturated rings. The number of Topliss-reactive ketones (excluding diaryl/α,β-unsaturated/α-hetero) is 1. The van der Waals surface area contributed by atoms with Gasteiger partial charge in [-0.3, -0.25) is 4.79 Å². The lowest BCUT2D eigenvalue weighted by Gasteiger charge is -2.19. The molecule has 1 heteroatoms. The second kappa shape index (κ2) is 4.64. The summed E-state index contributed by atoms with van der Waals surface area (Å²) in [5.41, 5.74) is 0.363. The summed E-state index contributed by atoms with van der Waals surface area (Å²) >= 11 is 0. The average Bonchev–Trinajstić information content (AvgIpc) is 1.97. The third-order valence-electron chi connectivity index (χ3n) is 2.23. The molecule has 1 unspecified atom stereocenters. The first-order valence-corrected chi connectivity index (χ1v) is 4.89. The van der Waals surface area contributed by atoms with Crippen molar-refractivity contribution in [3.8, 4) is 0 Å². The van der Waals surface area contributed by atoms with Gasteiger partial charge in [-0.2, -0.15) is 0 Å². The van der Waals surface area contributed by atoms with Crippen molar-refractivity contribution in [2.45, 2.75) is 53.9 Å². The highest BCUT2D eigenvalue weighted by Gasteiger charge is 2.15. The summed E-state index contributed by atoms with van der Waals surface area (Å²) in [6.45, 7) is 10.6. The second-order valence-electron chi connectivity index (χ2n) is 4.82. The van der Waals surface area contributed by atoms with E-state index in [1.54, 1.807) is 0 Å². The average molecular weight is 170 g/mol. The number of hydrogen-bond acceptors (Lipinski definition) is 1. The van der Waals surface area contributed by atoms with Crippen LogP contribution in [0.25, 0.3) is 0 Å². The molecule has 0 aliphatic carbocycles. The van der Waals surface area contributed by atoms with E-state index in [0.717, 1.165) is 12.8 Å².